The fourth-order valence-corrected chi connectivity index (χ4v) is 4.18. The van der Waals surface area contributed by atoms with E-state index < -0.39 is 17.7 Å². The number of rotatable bonds is 5. The van der Waals surface area contributed by atoms with Crippen molar-refractivity contribution in [3.05, 3.63) is 95.6 Å². The zero-order valence-corrected chi connectivity index (χ0v) is 17.2. The SMILES string of the molecule is COc1cccc(C2/C(=C(/O)c3c[nH]c4ccccc34)C(=O)C(=O)N2Cc2ccco2)c1. The number of carbonyl (C=O) groups is 2. The second-order valence-electron chi connectivity index (χ2n) is 7.53. The summed E-state index contributed by atoms with van der Waals surface area (Å²) < 4.78 is 10.8. The average Bonchev–Trinajstić information content (AvgIpc) is 3.54. The van der Waals surface area contributed by atoms with Crippen molar-refractivity contribution in [1.82, 2.24) is 9.88 Å². The van der Waals surface area contributed by atoms with Crippen LogP contribution in [0.25, 0.3) is 16.7 Å². The molecule has 2 N–H and O–H groups in total. The molecule has 2 aromatic carbocycles. The lowest BCUT2D eigenvalue weighted by Gasteiger charge is -2.24. The van der Waals surface area contributed by atoms with E-state index in [9.17, 15) is 14.7 Å². The molecule has 7 nitrogen and oxygen atoms in total. The molecule has 0 saturated carbocycles. The number of para-hydroxylation sites is 1. The van der Waals surface area contributed by atoms with Gasteiger partial charge in [0.05, 0.1) is 31.5 Å². The summed E-state index contributed by atoms with van der Waals surface area (Å²) >= 11 is 0. The molecule has 3 heterocycles. The summed E-state index contributed by atoms with van der Waals surface area (Å²) in [5.41, 5.74) is 1.96. The third-order valence-corrected chi connectivity index (χ3v) is 5.70. The third-order valence-electron chi connectivity index (χ3n) is 5.70. The van der Waals surface area contributed by atoms with Crippen LogP contribution in [-0.4, -0.2) is 33.8 Å². The number of likely N-dealkylation sites (tertiary alicyclic amines) is 1. The lowest BCUT2D eigenvalue weighted by atomic mass is 9.95. The number of benzene rings is 2. The van der Waals surface area contributed by atoms with Crippen LogP contribution < -0.4 is 4.74 Å². The van der Waals surface area contributed by atoms with E-state index in [1.165, 1.54) is 11.2 Å². The molecule has 4 aromatic rings. The highest BCUT2D eigenvalue weighted by atomic mass is 16.5. The quantitative estimate of drug-likeness (QED) is 0.279. The Morgan fingerprint density at radius 2 is 1.97 bits per heavy atom. The van der Waals surface area contributed by atoms with E-state index in [1.807, 2.05) is 24.3 Å². The van der Waals surface area contributed by atoms with Crippen LogP contribution in [0.1, 0.15) is 22.9 Å². The number of aromatic nitrogens is 1. The molecular formula is C25H20N2O5. The van der Waals surface area contributed by atoms with Crippen LogP contribution in [0.2, 0.25) is 0 Å². The smallest absolute Gasteiger partial charge is 0.296 e. The van der Waals surface area contributed by atoms with Gasteiger partial charge in [-0.2, -0.15) is 0 Å². The third kappa shape index (κ3) is 3.15. The first-order valence-corrected chi connectivity index (χ1v) is 10.1. The molecule has 5 rings (SSSR count). The number of aromatic amines is 1. The molecule has 0 aliphatic carbocycles. The number of ether oxygens (including phenoxy) is 1. The minimum atomic E-state index is -0.802. The van der Waals surface area contributed by atoms with E-state index >= 15 is 0 Å². The minimum absolute atomic E-state index is 0.0274. The molecule has 32 heavy (non-hydrogen) atoms. The highest BCUT2D eigenvalue weighted by Gasteiger charge is 2.46. The van der Waals surface area contributed by atoms with Gasteiger partial charge in [-0.3, -0.25) is 9.59 Å². The summed E-state index contributed by atoms with van der Waals surface area (Å²) in [5.74, 6) is -0.552. The highest BCUT2D eigenvalue weighted by molar-refractivity contribution is 6.46. The molecule has 0 bridgehead atoms. The fourth-order valence-electron chi connectivity index (χ4n) is 4.18. The van der Waals surface area contributed by atoms with Crippen LogP contribution >= 0.6 is 0 Å². The van der Waals surface area contributed by atoms with E-state index in [2.05, 4.69) is 4.98 Å². The Kier molecular flexibility index (Phi) is 4.78. The highest BCUT2D eigenvalue weighted by Crippen LogP contribution is 2.42. The summed E-state index contributed by atoms with van der Waals surface area (Å²) in [4.78, 5) is 30.8. The van der Waals surface area contributed by atoms with Crippen molar-refractivity contribution in [3.8, 4) is 5.75 Å². The van der Waals surface area contributed by atoms with Crippen LogP contribution in [0.5, 0.6) is 5.75 Å². The Balaban J connectivity index is 1.70. The summed E-state index contributed by atoms with van der Waals surface area (Å²) in [6, 6.07) is 17.2. The van der Waals surface area contributed by atoms with Gasteiger partial charge in [0, 0.05) is 22.7 Å². The first kappa shape index (κ1) is 19.7. The van der Waals surface area contributed by atoms with Crippen molar-refractivity contribution in [2.24, 2.45) is 0 Å². The van der Waals surface area contributed by atoms with Gasteiger partial charge in [0.25, 0.3) is 11.7 Å². The van der Waals surface area contributed by atoms with Gasteiger partial charge in [0.2, 0.25) is 0 Å². The number of carbonyl (C=O) groups excluding carboxylic acids is 2. The molecule has 1 aliphatic heterocycles. The zero-order valence-electron chi connectivity index (χ0n) is 17.2. The number of H-pyrrole nitrogens is 1. The van der Waals surface area contributed by atoms with E-state index in [0.29, 0.717) is 22.6 Å². The Morgan fingerprint density at radius 3 is 2.75 bits per heavy atom. The van der Waals surface area contributed by atoms with Crippen molar-refractivity contribution >= 4 is 28.4 Å². The number of amides is 1. The van der Waals surface area contributed by atoms with Crippen LogP contribution in [0.15, 0.2) is 83.1 Å². The normalized spacial score (nSPS) is 17.9. The van der Waals surface area contributed by atoms with Gasteiger partial charge < -0.3 is 24.1 Å². The molecule has 1 aliphatic rings. The van der Waals surface area contributed by atoms with Crippen molar-refractivity contribution in [2.75, 3.05) is 7.11 Å². The molecular weight excluding hydrogens is 408 g/mol. The molecule has 1 fully saturated rings. The largest absolute Gasteiger partial charge is 0.507 e. The fraction of sp³-hybridized carbons (Fsp3) is 0.120. The Labute approximate surface area is 183 Å². The number of hydrogen-bond acceptors (Lipinski definition) is 5. The summed E-state index contributed by atoms with van der Waals surface area (Å²) in [6.07, 6.45) is 3.15. The number of aliphatic hydroxyl groups excluding tert-OH is 1. The maximum absolute atomic E-state index is 13.2. The molecule has 0 spiro atoms. The first-order valence-electron chi connectivity index (χ1n) is 10.1. The van der Waals surface area contributed by atoms with Crippen LogP contribution in [0, 0.1) is 0 Å². The van der Waals surface area contributed by atoms with Crippen LogP contribution in [0.4, 0.5) is 0 Å². The number of nitrogens with zero attached hydrogens (tertiary/aromatic N) is 1. The predicted molar refractivity (Wildman–Crippen MR) is 118 cm³/mol. The predicted octanol–water partition coefficient (Wildman–Crippen LogP) is 4.39. The Hall–Kier alpha value is -4.26. The Morgan fingerprint density at radius 1 is 1.12 bits per heavy atom. The molecule has 2 aromatic heterocycles. The second-order valence-corrected chi connectivity index (χ2v) is 7.53. The number of aliphatic hydroxyl groups is 1. The topological polar surface area (TPSA) is 95.8 Å². The van der Waals surface area contributed by atoms with Crippen LogP contribution in [-0.2, 0) is 16.1 Å². The van der Waals surface area contributed by atoms with Crippen molar-refractivity contribution < 1.29 is 23.8 Å². The zero-order chi connectivity index (χ0) is 22.2. The van der Waals surface area contributed by atoms with Gasteiger partial charge in [-0.15, -0.1) is 0 Å². The lowest BCUT2D eigenvalue weighted by molar-refractivity contribution is -0.140. The van der Waals surface area contributed by atoms with Gasteiger partial charge in [-0.25, -0.2) is 0 Å². The van der Waals surface area contributed by atoms with Crippen molar-refractivity contribution in [2.45, 2.75) is 12.6 Å². The van der Waals surface area contributed by atoms with Crippen LogP contribution in [0.3, 0.4) is 0 Å². The van der Waals surface area contributed by atoms with Crippen molar-refractivity contribution in [1.29, 1.82) is 0 Å². The van der Waals surface area contributed by atoms with E-state index in [4.69, 9.17) is 9.15 Å². The molecule has 1 amide bonds. The maximum Gasteiger partial charge on any atom is 0.296 e. The van der Waals surface area contributed by atoms with Gasteiger partial charge in [-0.05, 0) is 35.9 Å². The first-order chi connectivity index (χ1) is 15.6. The molecule has 1 atom stereocenters. The lowest BCUT2D eigenvalue weighted by Crippen LogP contribution is -2.29. The summed E-state index contributed by atoms with van der Waals surface area (Å²) in [5, 5.41) is 12.1. The van der Waals surface area contributed by atoms with Gasteiger partial charge >= 0.3 is 0 Å². The van der Waals surface area contributed by atoms with E-state index in [0.717, 1.165) is 10.9 Å². The molecule has 0 radical (unpaired) electrons. The Bertz CT molecular complexity index is 1350. The standard InChI is InChI=1S/C25H20N2O5/c1-31-16-7-4-6-15(12-16)22-21(23(28)19-13-26-20-10-3-2-9-18(19)20)24(29)25(30)27(22)14-17-8-5-11-32-17/h2-13,22,26,28H,14H2,1H3/b23-21-. The van der Waals surface area contributed by atoms with Gasteiger partial charge in [0.1, 0.15) is 17.3 Å². The number of methoxy groups -OCH3 is 1. The average molecular weight is 428 g/mol. The molecule has 7 heteroatoms. The number of ketones is 1. The number of hydrogen-bond donors (Lipinski definition) is 2. The van der Waals surface area contributed by atoms with E-state index in [-0.39, 0.29) is 17.9 Å². The van der Waals surface area contributed by atoms with Crippen molar-refractivity contribution in [3.63, 3.8) is 0 Å². The second kappa shape index (κ2) is 7.77. The minimum Gasteiger partial charge on any atom is -0.507 e. The molecule has 1 saturated heterocycles. The van der Waals surface area contributed by atoms with E-state index in [1.54, 1.807) is 49.7 Å². The number of fused-ring (bicyclic) bond motifs is 1. The summed E-state index contributed by atoms with van der Waals surface area (Å²) in [7, 11) is 1.55. The van der Waals surface area contributed by atoms with Gasteiger partial charge in [0.15, 0.2) is 0 Å². The number of furan rings is 1. The maximum atomic E-state index is 13.2. The summed E-state index contributed by atoms with van der Waals surface area (Å²) in [6.45, 7) is 0.0874. The number of Topliss-reactive ketones (excluding diaryl/α,β-unsaturated/α-hetero) is 1. The monoisotopic (exact) mass is 428 g/mol. The number of nitrogens with one attached hydrogen (secondary N) is 1. The van der Waals surface area contributed by atoms with Gasteiger partial charge in [-0.1, -0.05) is 30.3 Å². The molecule has 1 unspecified atom stereocenters. The molecule has 160 valence electrons.